The van der Waals surface area contributed by atoms with E-state index in [2.05, 4.69) is 35.2 Å². The lowest BCUT2D eigenvalue weighted by Gasteiger charge is -2.14. The first-order chi connectivity index (χ1) is 19.1. The van der Waals surface area contributed by atoms with Crippen LogP contribution >= 0.6 is 0 Å². The number of hydrogen-bond acceptors (Lipinski definition) is 8. The van der Waals surface area contributed by atoms with Gasteiger partial charge in [0.2, 0.25) is 0 Å². The fraction of sp³-hybridized carbons (Fsp3) is 0.276. The Morgan fingerprint density at radius 2 is 1.88 bits per heavy atom. The number of nitrogens with zero attached hydrogens (tertiary/aromatic N) is 6. The van der Waals surface area contributed by atoms with Crippen molar-refractivity contribution in [2.45, 2.75) is 47.1 Å². The largest absolute Gasteiger partial charge is 0.402 e. The molecule has 40 heavy (non-hydrogen) atoms. The predicted molar refractivity (Wildman–Crippen MR) is 158 cm³/mol. The van der Waals surface area contributed by atoms with Gasteiger partial charge in [0.25, 0.3) is 5.91 Å². The molecule has 0 fully saturated rings. The standard InChI is InChI=1S/C24H27FN8O.C5H9N/c1-5-18(26)10-20(27)32-21-8-14(3)30-23(33-21)17-9-19(25)22(29-12-17)24(34)31-15(4)16-7-6-13(2)28-11-16;1-3-4-5-6-2/h6-12,15H,5,26H2,1-4H3,(H,31,34)(H2,27,30,32,33);3-5H,1-2H3/b18-10-;4-3-,6-5?. The number of carbonyl (C=O) groups is 1. The van der Waals surface area contributed by atoms with Gasteiger partial charge in [-0.3, -0.25) is 14.8 Å². The summed E-state index contributed by atoms with van der Waals surface area (Å²) in [6, 6.07) is 6.13. The third-order valence-electron chi connectivity index (χ3n) is 5.35. The van der Waals surface area contributed by atoms with E-state index in [9.17, 15) is 9.18 Å². The van der Waals surface area contributed by atoms with Gasteiger partial charge in [-0.15, -0.1) is 0 Å². The maximum absolute atomic E-state index is 14.8. The zero-order valence-electron chi connectivity index (χ0n) is 23.7. The highest BCUT2D eigenvalue weighted by Gasteiger charge is 2.18. The number of hydrogen-bond donors (Lipinski definition) is 3. The minimum atomic E-state index is -0.794. The van der Waals surface area contributed by atoms with Gasteiger partial charge in [-0.1, -0.05) is 19.1 Å². The fourth-order valence-corrected chi connectivity index (χ4v) is 3.18. The van der Waals surface area contributed by atoms with Crippen LogP contribution < -0.4 is 16.8 Å². The van der Waals surface area contributed by atoms with Gasteiger partial charge in [0, 0.05) is 54.4 Å². The van der Waals surface area contributed by atoms with Crippen molar-refractivity contribution >= 4 is 23.8 Å². The number of allylic oxidation sites excluding steroid dienone is 3. The van der Waals surface area contributed by atoms with Gasteiger partial charge in [0.1, 0.15) is 5.84 Å². The Balaban J connectivity index is 0.000000840. The highest BCUT2D eigenvalue weighted by molar-refractivity contribution is 5.94. The van der Waals surface area contributed by atoms with Crippen LogP contribution in [0.4, 0.5) is 10.2 Å². The number of aromatic nitrogens is 4. The summed E-state index contributed by atoms with van der Waals surface area (Å²) < 4.78 is 14.8. The summed E-state index contributed by atoms with van der Waals surface area (Å²) in [6.07, 6.45) is 10.8. The molecule has 0 aromatic carbocycles. The van der Waals surface area contributed by atoms with Crippen molar-refractivity contribution in [3.05, 3.63) is 89.0 Å². The molecule has 0 spiro atoms. The average molecular weight is 546 g/mol. The zero-order chi connectivity index (χ0) is 29.7. The number of aliphatic imine (C=N–C) groups is 2. The van der Waals surface area contributed by atoms with E-state index in [-0.39, 0.29) is 23.4 Å². The van der Waals surface area contributed by atoms with Crippen molar-refractivity contribution in [1.82, 2.24) is 25.3 Å². The minimum Gasteiger partial charge on any atom is -0.402 e. The molecule has 0 saturated carbocycles. The van der Waals surface area contributed by atoms with Gasteiger partial charge in [-0.25, -0.2) is 24.3 Å². The molecule has 0 bridgehead atoms. The van der Waals surface area contributed by atoms with Crippen molar-refractivity contribution in [2.75, 3.05) is 7.05 Å². The Hall–Kier alpha value is -4.80. The molecule has 0 aliphatic rings. The molecule has 3 rings (SSSR count). The van der Waals surface area contributed by atoms with Crippen LogP contribution in [0.3, 0.4) is 0 Å². The second kappa shape index (κ2) is 15.6. The molecule has 1 amide bonds. The van der Waals surface area contributed by atoms with Crippen LogP contribution in [0.15, 0.2) is 70.6 Å². The first-order valence-electron chi connectivity index (χ1n) is 12.7. The molecule has 1 unspecified atom stereocenters. The summed E-state index contributed by atoms with van der Waals surface area (Å²) in [5.74, 6) is -0.741. The van der Waals surface area contributed by atoms with Crippen LogP contribution in [-0.2, 0) is 0 Å². The number of rotatable bonds is 8. The van der Waals surface area contributed by atoms with Crippen molar-refractivity contribution in [2.24, 2.45) is 21.5 Å². The number of pyridine rings is 2. The molecular formula is C29H36FN9O. The monoisotopic (exact) mass is 545 g/mol. The smallest absolute Gasteiger partial charge is 0.273 e. The fourth-order valence-electron chi connectivity index (χ4n) is 3.18. The average Bonchev–Trinajstić information content (AvgIpc) is 2.91. The molecule has 11 heteroatoms. The third kappa shape index (κ3) is 9.82. The molecule has 10 nitrogen and oxygen atoms in total. The highest BCUT2D eigenvalue weighted by atomic mass is 19.1. The van der Waals surface area contributed by atoms with E-state index in [4.69, 9.17) is 11.5 Å². The molecule has 0 aliphatic carbocycles. The Bertz CT molecular complexity index is 1400. The van der Waals surface area contributed by atoms with Crippen molar-refractivity contribution in [3.8, 4) is 11.4 Å². The quantitative estimate of drug-likeness (QED) is 0.274. The Kier molecular flexibility index (Phi) is 12.2. The maximum atomic E-state index is 14.8. The SMILES string of the molecule is C/C=C\C=NC.CC/C(N)=C/C(N)=Nc1cc(C)nc(-c2cnc(C(=O)NC(C)c3ccc(C)nc3)c(F)c2)n1. The number of aryl methyl sites for hydroxylation is 2. The predicted octanol–water partition coefficient (Wildman–Crippen LogP) is 4.68. The van der Waals surface area contributed by atoms with Crippen LogP contribution in [0.1, 0.15) is 60.7 Å². The molecule has 0 saturated heterocycles. The van der Waals surface area contributed by atoms with E-state index in [1.54, 1.807) is 45.4 Å². The van der Waals surface area contributed by atoms with Gasteiger partial charge in [0.05, 0.1) is 6.04 Å². The van der Waals surface area contributed by atoms with Gasteiger partial charge in [-0.2, -0.15) is 0 Å². The number of amidine groups is 1. The lowest BCUT2D eigenvalue weighted by Crippen LogP contribution is -2.28. The number of nitrogens with one attached hydrogen (secondary N) is 1. The molecule has 1 atom stereocenters. The van der Waals surface area contributed by atoms with Crippen LogP contribution in [0.2, 0.25) is 0 Å². The number of carbonyl (C=O) groups excluding carboxylic acids is 1. The van der Waals surface area contributed by atoms with E-state index in [0.717, 1.165) is 11.3 Å². The summed E-state index contributed by atoms with van der Waals surface area (Å²) in [6.45, 7) is 9.27. The van der Waals surface area contributed by atoms with Crippen LogP contribution in [0, 0.1) is 19.7 Å². The van der Waals surface area contributed by atoms with Crippen LogP contribution in [0.25, 0.3) is 11.4 Å². The second-order valence-electron chi connectivity index (χ2n) is 8.72. The van der Waals surface area contributed by atoms with Gasteiger partial charge in [0.15, 0.2) is 23.2 Å². The van der Waals surface area contributed by atoms with Crippen LogP contribution in [0.5, 0.6) is 0 Å². The van der Waals surface area contributed by atoms with E-state index in [1.807, 2.05) is 45.1 Å². The molecule has 0 radical (unpaired) electrons. The summed E-state index contributed by atoms with van der Waals surface area (Å²) in [7, 11) is 1.75. The normalized spacial score (nSPS) is 12.8. The molecule has 210 valence electrons. The highest BCUT2D eigenvalue weighted by Crippen LogP contribution is 2.21. The Morgan fingerprint density at radius 1 is 1.12 bits per heavy atom. The minimum absolute atomic E-state index is 0.192. The topological polar surface area (TPSA) is 157 Å². The third-order valence-corrected chi connectivity index (χ3v) is 5.35. The van der Waals surface area contributed by atoms with Crippen molar-refractivity contribution < 1.29 is 9.18 Å². The van der Waals surface area contributed by atoms with Crippen molar-refractivity contribution in [3.63, 3.8) is 0 Å². The van der Waals surface area contributed by atoms with E-state index in [0.29, 0.717) is 29.2 Å². The molecule has 3 heterocycles. The molecule has 3 aromatic heterocycles. The zero-order valence-corrected chi connectivity index (χ0v) is 23.7. The first-order valence-corrected chi connectivity index (χ1v) is 12.7. The molecule has 3 aromatic rings. The molecular weight excluding hydrogens is 509 g/mol. The summed E-state index contributed by atoms with van der Waals surface area (Å²) >= 11 is 0. The van der Waals surface area contributed by atoms with Gasteiger partial charge in [-0.05, 0) is 64.0 Å². The number of nitrogens with two attached hydrogens (primary N) is 2. The number of amides is 1. The summed E-state index contributed by atoms with van der Waals surface area (Å²) in [5, 5.41) is 2.73. The van der Waals surface area contributed by atoms with E-state index < -0.39 is 11.7 Å². The van der Waals surface area contributed by atoms with Crippen LogP contribution in [-0.4, -0.2) is 44.9 Å². The van der Waals surface area contributed by atoms with E-state index >= 15 is 0 Å². The van der Waals surface area contributed by atoms with Gasteiger partial charge >= 0.3 is 0 Å². The van der Waals surface area contributed by atoms with Crippen molar-refractivity contribution in [1.29, 1.82) is 0 Å². The van der Waals surface area contributed by atoms with Gasteiger partial charge < -0.3 is 16.8 Å². The Morgan fingerprint density at radius 3 is 2.45 bits per heavy atom. The molecule has 0 aliphatic heterocycles. The van der Waals surface area contributed by atoms with E-state index in [1.165, 1.54) is 12.3 Å². The first kappa shape index (κ1) is 31.4. The Labute approximate surface area is 234 Å². The maximum Gasteiger partial charge on any atom is 0.273 e. The molecule has 5 N–H and O–H groups in total. The summed E-state index contributed by atoms with van der Waals surface area (Å²) in [4.78, 5) is 37.4. The lowest BCUT2D eigenvalue weighted by atomic mass is 10.1. The number of halogens is 1. The lowest BCUT2D eigenvalue weighted by molar-refractivity contribution is 0.0930. The summed E-state index contributed by atoms with van der Waals surface area (Å²) in [5.41, 5.74) is 14.5. The second-order valence-corrected chi connectivity index (χ2v) is 8.72.